The highest BCUT2D eigenvalue weighted by molar-refractivity contribution is 6.00. The number of hydrogen-bond donors (Lipinski definition) is 1. The summed E-state index contributed by atoms with van der Waals surface area (Å²) in [5.74, 6) is -0.202. The summed E-state index contributed by atoms with van der Waals surface area (Å²) in [5, 5.41) is 0. The van der Waals surface area contributed by atoms with Crippen molar-refractivity contribution in [3.8, 4) is 0 Å². The minimum absolute atomic E-state index is 0.0321. The van der Waals surface area contributed by atoms with Crippen molar-refractivity contribution in [3.63, 3.8) is 0 Å². The fourth-order valence-electron chi connectivity index (χ4n) is 2.02. The van der Waals surface area contributed by atoms with Crippen molar-refractivity contribution in [1.82, 2.24) is 9.80 Å². The number of nitrogens with two attached hydrogens (primary N) is 1. The quantitative estimate of drug-likeness (QED) is 0.738. The Kier molecular flexibility index (Phi) is 3.50. The van der Waals surface area contributed by atoms with Crippen LogP contribution in [0.5, 0.6) is 0 Å². The average molecular weight is 247 g/mol. The minimum Gasteiger partial charge on any atom is -0.398 e. The van der Waals surface area contributed by atoms with Gasteiger partial charge in [-0.2, -0.15) is 0 Å². The Bertz CT molecular complexity index is 473. The van der Waals surface area contributed by atoms with Gasteiger partial charge in [0.05, 0.1) is 5.56 Å². The van der Waals surface area contributed by atoms with Crippen LogP contribution in [0.4, 0.5) is 5.69 Å². The summed E-state index contributed by atoms with van der Waals surface area (Å²) in [4.78, 5) is 27.3. The molecule has 1 heterocycles. The van der Waals surface area contributed by atoms with E-state index in [9.17, 15) is 9.59 Å². The maximum atomic E-state index is 12.3. The van der Waals surface area contributed by atoms with Crippen LogP contribution in [0.1, 0.15) is 16.8 Å². The Morgan fingerprint density at radius 3 is 2.72 bits per heavy atom. The highest BCUT2D eigenvalue weighted by Gasteiger charge is 2.24. The minimum atomic E-state index is -0.170. The molecule has 5 nitrogen and oxygen atoms in total. The van der Waals surface area contributed by atoms with Gasteiger partial charge in [0.25, 0.3) is 5.91 Å². The molecule has 0 spiro atoms. The van der Waals surface area contributed by atoms with Gasteiger partial charge in [-0.05, 0) is 18.6 Å². The molecule has 0 saturated carbocycles. The molecule has 1 fully saturated rings. The normalized spacial score (nSPS) is 16.6. The van der Waals surface area contributed by atoms with E-state index in [-0.39, 0.29) is 18.4 Å². The lowest BCUT2D eigenvalue weighted by Crippen LogP contribution is -2.38. The third-order valence-electron chi connectivity index (χ3n) is 3.15. The van der Waals surface area contributed by atoms with Crippen molar-refractivity contribution in [3.05, 3.63) is 29.8 Å². The molecule has 2 rings (SSSR count). The summed E-state index contributed by atoms with van der Waals surface area (Å²) in [7, 11) is 1.76. The number of carbonyl (C=O) groups is 2. The summed E-state index contributed by atoms with van der Waals surface area (Å²) in [5.41, 5.74) is 6.71. The van der Waals surface area contributed by atoms with Crippen LogP contribution >= 0.6 is 0 Å². The number of para-hydroxylation sites is 1. The van der Waals surface area contributed by atoms with E-state index in [1.54, 1.807) is 41.1 Å². The molecule has 0 unspecified atom stereocenters. The van der Waals surface area contributed by atoms with E-state index in [1.165, 1.54) is 0 Å². The van der Waals surface area contributed by atoms with Crippen molar-refractivity contribution >= 4 is 17.5 Å². The zero-order valence-electron chi connectivity index (χ0n) is 10.4. The van der Waals surface area contributed by atoms with E-state index >= 15 is 0 Å². The molecular weight excluding hydrogens is 230 g/mol. The molecule has 1 aliphatic rings. The number of amides is 2. The Labute approximate surface area is 106 Å². The standard InChI is InChI=1S/C13H17N3O2/c1-15-7-4-8-16(9-12(15)17)13(18)10-5-2-3-6-11(10)14/h2-3,5-6H,4,7-9,14H2,1H3. The first-order valence-corrected chi connectivity index (χ1v) is 5.97. The number of nitrogens with zero attached hydrogens (tertiary/aromatic N) is 2. The van der Waals surface area contributed by atoms with Crippen LogP contribution in [0.25, 0.3) is 0 Å². The number of rotatable bonds is 1. The smallest absolute Gasteiger partial charge is 0.256 e. The van der Waals surface area contributed by atoms with Crippen LogP contribution in [0.15, 0.2) is 24.3 Å². The van der Waals surface area contributed by atoms with Crippen molar-refractivity contribution < 1.29 is 9.59 Å². The molecule has 1 aromatic carbocycles. The highest BCUT2D eigenvalue weighted by atomic mass is 16.2. The molecule has 2 amide bonds. The van der Waals surface area contributed by atoms with Crippen LogP contribution in [0.2, 0.25) is 0 Å². The predicted octanol–water partition coefficient (Wildman–Crippen LogP) is 0.573. The first-order chi connectivity index (χ1) is 8.59. The average Bonchev–Trinajstić information content (AvgIpc) is 2.52. The molecular formula is C13H17N3O2. The van der Waals surface area contributed by atoms with Crippen LogP contribution in [-0.4, -0.2) is 48.3 Å². The van der Waals surface area contributed by atoms with Gasteiger partial charge in [-0.25, -0.2) is 0 Å². The summed E-state index contributed by atoms with van der Waals surface area (Å²) < 4.78 is 0. The van der Waals surface area contributed by atoms with Gasteiger partial charge >= 0.3 is 0 Å². The second-order valence-corrected chi connectivity index (χ2v) is 4.48. The zero-order valence-corrected chi connectivity index (χ0v) is 10.4. The van der Waals surface area contributed by atoms with E-state index in [0.717, 1.165) is 6.42 Å². The Hall–Kier alpha value is -2.04. The van der Waals surface area contributed by atoms with Gasteiger partial charge in [-0.3, -0.25) is 9.59 Å². The second kappa shape index (κ2) is 5.08. The van der Waals surface area contributed by atoms with E-state index in [1.807, 2.05) is 0 Å². The molecule has 0 radical (unpaired) electrons. The van der Waals surface area contributed by atoms with Gasteiger partial charge in [-0.1, -0.05) is 12.1 Å². The lowest BCUT2D eigenvalue weighted by Gasteiger charge is -2.20. The number of benzene rings is 1. The van der Waals surface area contributed by atoms with E-state index in [2.05, 4.69) is 0 Å². The zero-order chi connectivity index (χ0) is 13.1. The third-order valence-corrected chi connectivity index (χ3v) is 3.15. The van der Waals surface area contributed by atoms with E-state index in [4.69, 9.17) is 5.73 Å². The largest absolute Gasteiger partial charge is 0.398 e. The second-order valence-electron chi connectivity index (χ2n) is 4.48. The highest BCUT2D eigenvalue weighted by Crippen LogP contribution is 2.15. The van der Waals surface area contributed by atoms with Crippen molar-refractivity contribution in [1.29, 1.82) is 0 Å². The van der Waals surface area contributed by atoms with Crippen molar-refractivity contribution in [2.75, 3.05) is 32.4 Å². The SMILES string of the molecule is CN1CCCN(C(=O)c2ccccc2N)CC1=O. The fourth-order valence-corrected chi connectivity index (χ4v) is 2.02. The molecule has 1 aliphatic heterocycles. The third kappa shape index (κ3) is 2.45. The number of likely N-dealkylation sites (N-methyl/N-ethyl adjacent to an activating group) is 1. The number of carbonyl (C=O) groups excluding carboxylic acids is 2. The van der Waals surface area contributed by atoms with Gasteiger partial charge in [0, 0.05) is 25.8 Å². The molecule has 1 aromatic rings. The molecule has 1 saturated heterocycles. The number of hydrogen-bond acceptors (Lipinski definition) is 3. The molecule has 18 heavy (non-hydrogen) atoms. The summed E-state index contributed by atoms with van der Waals surface area (Å²) in [6, 6.07) is 6.94. The van der Waals surface area contributed by atoms with Gasteiger partial charge in [0.15, 0.2) is 0 Å². The Morgan fingerprint density at radius 2 is 2.00 bits per heavy atom. The number of anilines is 1. The van der Waals surface area contributed by atoms with Crippen LogP contribution in [-0.2, 0) is 4.79 Å². The summed E-state index contributed by atoms with van der Waals surface area (Å²) in [6.45, 7) is 1.40. The monoisotopic (exact) mass is 247 g/mol. The number of nitrogen functional groups attached to an aromatic ring is 1. The first kappa shape index (κ1) is 12.4. The lowest BCUT2D eigenvalue weighted by atomic mass is 10.1. The lowest BCUT2D eigenvalue weighted by molar-refractivity contribution is -0.129. The molecule has 5 heteroatoms. The van der Waals surface area contributed by atoms with Gasteiger partial charge in [0.2, 0.25) is 5.91 Å². The maximum Gasteiger partial charge on any atom is 0.256 e. The first-order valence-electron chi connectivity index (χ1n) is 5.97. The van der Waals surface area contributed by atoms with Crippen molar-refractivity contribution in [2.24, 2.45) is 0 Å². The Balaban J connectivity index is 2.19. The summed E-state index contributed by atoms with van der Waals surface area (Å²) in [6.07, 6.45) is 0.792. The molecule has 2 N–H and O–H groups in total. The molecule has 0 bridgehead atoms. The summed E-state index contributed by atoms with van der Waals surface area (Å²) >= 11 is 0. The van der Waals surface area contributed by atoms with E-state index < -0.39 is 0 Å². The van der Waals surface area contributed by atoms with Gasteiger partial charge in [0.1, 0.15) is 6.54 Å². The fraction of sp³-hybridized carbons (Fsp3) is 0.385. The van der Waals surface area contributed by atoms with Gasteiger partial charge in [-0.15, -0.1) is 0 Å². The molecule has 0 atom stereocenters. The van der Waals surface area contributed by atoms with Crippen LogP contribution < -0.4 is 5.73 Å². The van der Waals surface area contributed by atoms with Gasteiger partial charge < -0.3 is 15.5 Å². The van der Waals surface area contributed by atoms with Crippen LogP contribution in [0.3, 0.4) is 0 Å². The maximum absolute atomic E-state index is 12.3. The topological polar surface area (TPSA) is 66.6 Å². The van der Waals surface area contributed by atoms with E-state index in [0.29, 0.717) is 24.3 Å². The van der Waals surface area contributed by atoms with Crippen molar-refractivity contribution in [2.45, 2.75) is 6.42 Å². The molecule has 0 aliphatic carbocycles. The molecule has 0 aromatic heterocycles. The Morgan fingerprint density at radius 1 is 1.28 bits per heavy atom. The van der Waals surface area contributed by atoms with Crippen LogP contribution in [0, 0.1) is 0 Å². The molecule has 96 valence electrons. The predicted molar refractivity (Wildman–Crippen MR) is 69.0 cm³/mol.